The van der Waals surface area contributed by atoms with Crippen LogP contribution in [0.4, 0.5) is 20.2 Å². The van der Waals surface area contributed by atoms with Gasteiger partial charge in [-0.25, -0.2) is 8.78 Å². The number of nitro benzene ring substituents is 1. The summed E-state index contributed by atoms with van der Waals surface area (Å²) in [5.74, 6) is -1.66. The lowest BCUT2D eigenvalue weighted by Crippen LogP contribution is -2.49. The van der Waals surface area contributed by atoms with Gasteiger partial charge in [0.05, 0.1) is 4.92 Å². The zero-order valence-electron chi connectivity index (χ0n) is 24.3. The summed E-state index contributed by atoms with van der Waals surface area (Å²) >= 11 is 0. The first-order valence-corrected chi connectivity index (χ1v) is 13.6. The van der Waals surface area contributed by atoms with Gasteiger partial charge >= 0.3 is 0 Å². The van der Waals surface area contributed by atoms with E-state index in [4.69, 9.17) is 5.73 Å². The number of nitrogens with zero attached hydrogens (tertiary/aromatic N) is 4. The van der Waals surface area contributed by atoms with Crippen molar-refractivity contribution < 1.29 is 18.5 Å². The van der Waals surface area contributed by atoms with E-state index in [0.717, 1.165) is 57.4 Å². The molecule has 11 heteroatoms. The van der Waals surface area contributed by atoms with Crippen LogP contribution >= 0.6 is 0 Å². The Kier molecular flexibility index (Phi) is 19.7. The van der Waals surface area contributed by atoms with Gasteiger partial charge in [-0.05, 0) is 71.5 Å². The summed E-state index contributed by atoms with van der Waals surface area (Å²) in [6, 6.07) is 6.89. The maximum absolute atomic E-state index is 12.1. The molecule has 222 valence electrons. The average Bonchev–Trinajstić information content (AvgIpc) is 2.97. The Labute approximate surface area is 232 Å². The highest BCUT2D eigenvalue weighted by molar-refractivity contribution is 5.74. The number of nitrogens with one attached hydrogen (secondary N) is 1. The fourth-order valence-corrected chi connectivity index (χ4v) is 4.01. The molecule has 1 aromatic carbocycles. The first-order chi connectivity index (χ1) is 18.7. The lowest BCUT2D eigenvalue weighted by atomic mass is 9.97. The number of halogens is 2. The van der Waals surface area contributed by atoms with E-state index in [1.54, 1.807) is 12.1 Å². The number of likely N-dealkylation sites (tertiary alicyclic amines) is 1. The first-order valence-electron chi connectivity index (χ1n) is 13.6. The van der Waals surface area contributed by atoms with Crippen LogP contribution in [-0.4, -0.2) is 94.0 Å². The van der Waals surface area contributed by atoms with Crippen LogP contribution in [0.25, 0.3) is 0 Å². The van der Waals surface area contributed by atoms with Gasteiger partial charge in [-0.15, -0.1) is 0 Å². The number of anilines is 1. The Morgan fingerprint density at radius 1 is 1.05 bits per heavy atom. The molecule has 0 unspecified atom stereocenters. The van der Waals surface area contributed by atoms with Crippen LogP contribution in [0.1, 0.15) is 33.6 Å². The molecule has 0 spiro atoms. The van der Waals surface area contributed by atoms with E-state index in [2.05, 4.69) is 26.6 Å². The highest BCUT2D eigenvalue weighted by Crippen LogP contribution is 2.21. The molecule has 3 N–H and O–H groups in total. The largest absolute Gasteiger partial charge is 0.369 e. The number of non-ortho nitro benzene ring substituents is 1. The monoisotopic (exact) mass is 554 g/mol. The second-order valence-electron chi connectivity index (χ2n) is 9.14. The molecule has 2 saturated heterocycles. The third-order valence-electron chi connectivity index (χ3n) is 6.33. The van der Waals surface area contributed by atoms with Gasteiger partial charge in [-0.3, -0.25) is 19.8 Å². The van der Waals surface area contributed by atoms with Crippen LogP contribution < -0.4 is 16.0 Å². The predicted molar refractivity (Wildman–Crippen MR) is 156 cm³/mol. The first kappa shape index (κ1) is 36.3. The molecule has 0 atom stereocenters. The number of piperazine rings is 1. The molecule has 1 aromatic rings. The van der Waals surface area contributed by atoms with Gasteiger partial charge in [-0.2, -0.15) is 0 Å². The summed E-state index contributed by atoms with van der Waals surface area (Å²) in [7, 11) is 3.75. The molecular formula is C28H48F2N6O3. The second-order valence-corrected chi connectivity index (χ2v) is 9.14. The number of piperidine rings is 1. The minimum absolute atomic E-state index is 0.154. The highest BCUT2D eigenvalue weighted by atomic mass is 19.2. The fourth-order valence-electron chi connectivity index (χ4n) is 4.01. The van der Waals surface area contributed by atoms with Crippen molar-refractivity contribution in [3.05, 3.63) is 58.2 Å². The Balaban J connectivity index is 0.000000866. The maximum atomic E-state index is 12.1. The van der Waals surface area contributed by atoms with E-state index in [1.165, 1.54) is 32.9 Å². The van der Waals surface area contributed by atoms with Crippen molar-refractivity contribution in [3.63, 3.8) is 0 Å². The minimum atomic E-state index is -1.21. The van der Waals surface area contributed by atoms with Crippen LogP contribution in [0.5, 0.6) is 0 Å². The minimum Gasteiger partial charge on any atom is -0.369 e. The number of aldehydes is 1. The molecule has 2 heterocycles. The van der Waals surface area contributed by atoms with Crippen LogP contribution in [0, 0.1) is 16.0 Å². The molecule has 0 amide bonds. The normalized spacial score (nSPS) is 16.8. The number of rotatable bonds is 8. The quantitative estimate of drug-likeness (QED) is 0.162. The lowest BCUT2D eigenvalue weighted by molar-refractivity contribution is -0.384. The summed E-state index contributed by atoms with van der Waals surface area (Å²) in [4.78, 5) is 27.5. The zero-order chi connectivity index (χ0) is 29.8. The Morgan fingerprint density at radius 2 is 1.51 bits per heavy atom. The van der Waals surface area contributed by atoms with Gasteiger partial charge in [0, 0.05) is 62.7 Å². The van der Waals surface area contributed by atoms with E-state index >= 15 is 0 Å². The van der Waals surface area contributed by atoms with Crippen LogP contribution in [0.3, 0.4) is 0 Å². The van der Waals surface area contributed by atoms with Gasteiger partial charge in [0.25, 0.3) is 5.69 Å². The molecule has 39 heavy (non-hydrogen) atoms. The Hall–Kier alpha value is -2.73. The number of allylic oxidation sites excluding steroid dienone is 3. The SMILES string of the molecule is C=C(F)/C(F)=C(\C)C=O.CC.CNC.NCC1CCN(CCN2CCN(c3ccc([N+](=O)[O-])cc3)CC2)CC1. The molecule has 0 radical (unpaired) electrons. The van der Waals surface area contributed by atoms with Crippen molar-refractivity contribution in [2.24, 2.45) is 11.7 Å². The number of hydrogen-bond donors (Lipinski definition) is 2. The third kappa shape index (κ3) is 14.3. The number of hydrogen-bond acceptors (Lipinski definition) is 8. The van der Waals surface area contributed by atoms with E-state index in [-0.39, 0.29) is 22.5 Å². The molecule has 2 aliphatic heterocycles. The molecule has 2 aliphatic rings. The number of benzene rings is 1. The van der Waals surface area contributed by atoms with Crippen molar-refractivity contribution >= 4 is 17.7 Å². The number of carbonyl (C=O) groups is 1. The maximum Gasteiger partial charge on any atom is 0.269 e. The molecular weight excluding hydrogens is 506 g/mol. The van der Waals surface area contributed by atoms with Crippen molar-refractivity contribution in [1.29, 1.82) is 0 Å². The van der Waals surface area contributed by atoms with E-state index in [9.17, 15) is 23.7 Å². The molecule has 0 aliphatic carbocycles. The topological polar surface area (TPSA) is 108 Å². The lowest BCUT2D eigenvalue weighted by Gasteiger charge is -2.38. The van der Waals surface area contributed by atoms with Crippen molar-refractivity contribution in [1.82, 2.24) is 15.1 Å². The average molecular weight is 555 g/mol. The number of nitro groups is 1. The van der Waals surface area contributed by atoms with Gasteiger partial charge in [0.15, 0.2) is 11.7 Å². The molecule has 9 nitrogen and oxygen atoms in total. The standard InChI is InChI=1S/C18H29N5O2.C6H6F2O.C2H7N.C2H6/c19-15-16-5-7-20(8-6-16)9-10-21-11-13-22(14-12-21)17-1-3-18(4-2-17)23(24)25;1-4(3-9)6(8)5(2)7;1-3-2;1-2/h1-4,16H,5-15,19H2;3H,2H2,1H3;3H,1-2H3;1-2H3/b;6-4-;;. The van der Waals surface area contributed by atoms with Crippen LogP contribution in [0.2, 0.25) is 0 Å². The molecule has 3 rings (SSSR count). The molecule has 2 fully saturated rings. The molecule has 0 saturated carbocycles. The number of nitrogens with two attached hydrogens (primary N) is 1. The van der Waals surface area contributed by atoms with E-state index in [1.807, 2.05) is 40.1 Å². The van der Waals surface area contributed by atoms with E-state index in [0.29, 0.717) is 0 Å². The third-order valence-corrected chi connectivity index (χ3v) is 6.33. The van der Waals surface area contributed by atoms with Crippen LogP contribution in [0.15, 0.2) is 48.1 Å². The summed E-state index contributed by atoms with van der Waals surface area (Å²) in [6.07, 6.45) is 2.72. The summed E-state index contributed by atoms with van der Waals surface area (Å²) in [6.45, 7) is 17.4. The summed E-state index contributed by atoms with van der Waals surface area (Å²) in [5.41, 5.74) is 6.71. The second kappa shape index (κ2) is 21.1. The Bertz CT molecular complexity index is 867. The van der Waals surface area contributed by atoms with Crippen molar-refractivity contribution in [2.75, 3.05) is 77.9 Å². The smallest absolute Gasteiger partial charge is 0.269 e. The number of carbonyl (C=O) groups excluding carboxylic acids is 1. The highest BCUT2D eigenvalue weighted by Gasteiger charge is 2.21. The predicted octanol–water partition coefficient (Wildman–Crippen LogP) is 4.16. The van der Waals surface area contributed by atoms with Gasteiger partial charge in [0.2, 0.25) is 0 Å². The Morgan fingerprint density at radius 3 is 1.87 bits per heavy atom. The van der Waals surface area contributed by atoms with Gasteiger partial charge in [0.1, 0.15) is 6.29 Å². The molecule has 0 bridgehead atoms. The molecule has 0 aromatic heterocycles. The van der Waals surface area contributed by atoms with Crippen LogP contribution in [-0.2, 0) is 4.79 Å². The summed E-state index contributed by atoms with van der Waals surface area (Å²) in [5, 5.41) is 13.5. The van der Waals surface area contributed by atoms with E-state index < -0.39 is 11.7 Å². The van der Waals surface area contributed by atoms with Crippen molar-refractivity contribution in [3.8, 4) is 0 Å². The zero-order valence-corrected chi connectivity index (χ0v) is 24.3. The van der Waals surface area contributed by atoms with Gasteiger partial charge < -0.3 is 20.9 Å². The fraction of sp³-hybridized carbons (Fsp3) is 0.607. The van der Waals surface area contributed by atoms with Gasteiger partial charge in [-0.1, -0.05) is 20.4 Å². The van der Waals surface area contributed by atoms with Crippen molar-refractivity contribution in [2.45, 2.75) is 33.6 Å². The summed E-state index contributed by atoms with van der Waals surface area (Å²) < 4.78 is 23.8.